The zero-order valence-corrected chi connectivity index (χ0v) is 15.9. The Hall–Kier alpha value is -4.11. The van der Waals surface area contributed by atoms with Crippen molar-refractivity contribution in [1.82, 2.24) is 14.9 Å². The first-order valence-electron chi connectivity index (χ1n) is 8.97. The highest BCUT2D eigenvalue weighted by Crippen LogP contribution is 2.15. The molecule has 6 heteroatoms. The summed E-state index contributed by atoms with van der Waals surface area (Å²) in [6.07, 6.45) is 6.39. The molecule has 1 aromatic heterocycles. The Morgan fingerprint density at radius 1 is 1.21 bits per heavy atom. The Balaban J connectivity index is 1.78. The van der Waals surface area contributed by atoms with Crippen LogP contribution in [0.3, 0.4) is 0 Å². The van der Waals surface area contributed by atoms with Crippen LogP contribution in [0.15, 0.2) is 73.3 Å². The maximum Gasteiger partial charge on any atom is 0.271 e. The van der Waals surface area contributed by atoms with Crippen molar-refractivity contribution in [1.29, 1.82) is 0 Å². The van der Waals surface area contributed by atoms with Crippen LogP contribution >= 0.6 is 0 Å². The molecule has 0 saturated carbocycles. The van der Waals surface area contributed by atoms with Gasteiger partial charge in [0.25, 0.3) is 5.91 Å². The summed E-state index contributed by atoms with van der Waals surface area (Å²) in [5, 5.41) is 2.54. The van der Waals surface area contributed by atoms with E-state index in [1.54, 1.807) is 42.3 Å². The van der Waals surface area contributed by atoms with Gasteiger partial charge in [-0.1, -0.05) is 36.1 Å². The van der Waals surface area contributed by atoms with Gasteiger partial charge >= 0.3 is 0 Å². The predicted octanol–water partition coefficient (Wildman–Crippen LogP) is 2.48. The molecule has 0 saturated heterocycles. The molecular weight excluding hydrogens is 364 g/mol. The monoisotopic (exact) mass is 384 g/mol. The van der Waals surface area contributed by atoms with Gasteiger partial charge in [-0.05, 0) is 29.8 Å². The van der Waals surface area contributed by atoms with Gasteiger partial charge in [-0.15, -0.1) is 0 Å². The lowest BCUT2D eigenvalue weighted by Gasteiger charge is -2.06. The number of benzene rings is 2. The van der Waals surface area contributed by atoms with Crippen LogP contribution in [0, 0.1) is 11.8 Å². The van der Waals surface area contributed by atoms with Crippen LogP contribution in [-0.4, -0.2) is 28.3 Å². The maximum atomic E-state index is 12.7. The third-order valence-corrected chi connectivity index (χ3v) is 4.20. The number of nitrogens with zero attached hydrogens (tertiary/aromatic N) is 2. The summed E-state index contributed by atoms with van der Waals surface area (Å²) in [6, 6.07) is 14.8. The fourth-order valence-corrected chi connectivity index (χ4v) is 2.77. The van der Waals surface area contributed by atoms with Crippen LogP contribution in [0.1, 0.15) is 32.0 Å². The van der Waals surface area contributed by atoms with E-state index in [-0.39, 0.29) is 18.1 Å². The van der Waals surface area contributed by atoms with Gasteiger partial charge in [0.05, 0.1) is 0 Å². The van der Waals surface area contributed by atoms with E-state index in [2.05, 4.69) is 22.1 Å². The molecule has 3 N–H and O–H groups in total. The summed E-state index contributed by atoms with van der Waals surface area (Å²) in [5.74, 6) is 5.49. The van der Waals surface area contributed by atoms with Gasteiger partial charge in [-0.2, -0.15) is 0 Å². The van der Waals surface area contributed by atoms with Crippen molar-refractivity contribution in [2.24, 2.45) is 5.73 Å². The molecule has 2 aromatic carbocycles. The molecule has 0 bridgehead atoms. The number of allylic oxidation sites excluding steroid dienone is 1. The number of nitrogens with one attached hydrogen (secondary N) is 1. The second-order valence-electron chi connectivity index (χ2n) is 6.22. The first-order chi connectivity index (χ1) is 14.1. The lowest BCUT2D eigenvalue weighted by molar-refractivity contribution is 0.0957. The second-order valence-corrected chi connectivity index (χ2v) is 6.22. The highest BCUT2D eigenvalue weighted by Gasteiger charge is 2.10. The average Bonchev–Trinajstić information content (AvgIpc) is 3.24. The third-order valence-electron chi connectivity index (χ3n) is 4.20. The number of imidazole rings is 1. The zero-order valence-electron chi connectivity index (χ0n) is 15.9. The third kappa shape index (κ3) is 4.99. The molecule has 6 nitrogen and oxygen atoms in total. The molecule has 0 fully saturated rings. The molecule has 0 unspecified atom stereocenters. The average molecular weight is 384 g/mol. The van der Waals surface area contributed by atoms with E-state index in [0.29, 0.717) is 11.3 Å². The van der Waals surface area contributed by atoms with Crippen LogP contribution in [0.25, 0.3) is 5.69 Å². The fourth-order valence-electron chi connectivity index (χ4n) is 2.77. The number of carbonyl (C=O) groups is 2. The molecule has 0 aliphatic heterocycles. The molecule has 29 heavy (non-hydrogen) atoms. The Morgan fingerprint density at radius 2 is 2.03 bits per heavy atom. The Labute approximate surface area is 169 Å². The van der Waals surface area contributed by atoms with Crippen molar-refractivity contribution < 1.29 is 9.59 Å². The largest absolute Gasteiger partial charge is 0.404 e. The van der Waals surface area contributed by atoms with E-state index in [0.717, 1.165) is 16.8 Å². The first-order valence-corrected chi connectivity index (χ1v) is 8.97. The SMILES string of the molecule is CNC(=O)c1cn(-c2cccc(CC(=O)c3cccc(C#C/C=C/N)c3)c2)cn1. The summed E-state index contributed by atoms with van der Waals surface area (Å²) in [7, 11) is 1.56. The number of carbonyl (C=O) groups excluding carboxylic acids is 2. The minimum absolute atomic E-state index is 0.00292. The molecule has 0 aliphatic rings. The molecule has 1 heterocycles. The van der Waals surface area contributed by atoms with E-state index in [1.165, 1.54) is 6.20 Å². The highest BCUT2D eigenvalue weighted by molar-refractivity contribution is 5.97. The van der Waals surface area contributed by atoms with Crippen LogP contribution < -0.4 is 11.1 Å². The van der Waals surface area contributed by atoms with Crippen LogP contribution in [0.4, 0.5) is 0 Å². The Bertz CT molecular complexity index is 1130. The number of hydrogen-bond acceptors (Lipinski definition) is 4. The normalized spacial score (nSPS) is 10.4. The molecule has 144 valence electrons. The fraction of sp³-hybridized carbons (Fsp3) is 0.0870. The van der Waals surface area contributed by atoms with E-state index in [9.17, 15) is 9.59 Å². The lowest BCUT2D eigenvalue weighted by Crippen LogP contribution is -2.17. The smallest absolute Gasteiger partial charge is 0.271 e. The number of nitrogens with two attached hydrogens (primary N) is 1. The number of aromatic nitrogens is 2. The quantitative estimate of drug-likeness (QED) is 0.522. The van der Waals surface area contributed by atoms with Gasteiger partial charge < -0.3 is 15.6 Å². The van der Waals surface area contributed by atoms with Crippen molar-refractivity contribution in [2.45, 2.75) is 6.42 Å². The topological polar surface area (TPSA) is 90.0 Å². The van der Waals surface area contributed by atoms with Crippen molar-refractivity contribution in [3.8, 4) is 17.5 Å². The molecular formula is C23H20N4O2. The second kappa shape index (κ2) is 9.20. The summed E-state index contributed by atoms with van der Waals surface area (Å²) in [5.41, 5.74) is 8.65. The molecule has 0 spiro atoms. The molecule has 0 atom stereocenters. The highest BCUT2D eigenvalue weighted by atomic mass is 16.1. The van der Waals surface area contributed by atoms with Gasteiger partial charge in [-0.3, -0.25) is 9.59 Å². The van der Waals surface area contributed by atoms with Gasteiger partial charge in [0.1, 0.15) is 12.0 Å². The van der Waals surface area contributed by atoms with Crippen molar-refractivity contribution in [2.75, 3.05) is 7.05 Å². The summed E-state index contributed by atoms with van der Waals surface area (Å²) in [6.45, 7) is 0. The minimum atomic E-state index is -0.250. The Morgan fingerprint density at radius 3 is 2.83 bits per heavy atom. The lowest BCUT2D eigenvalue weighted by atomic mass is 10.0. The maximum absolute atomic E-state index is 12.7. The van der Waals surface area contributed by atoms with E-state index < -0.39 is 0 Å². The molecule has 0 aliphatic carbocycles. The van der Waals surface area contributed by atoms with E-state index in [1.807, 2.05) is 36.4 Å². The molecule has 3 aromatic rings. The van der Waals surface area contributed by atoms with E-state index in [4.69, 9.17) is 5.73 Å². The number of hydrogen-bond donors (Lipinski definition) is 2. The van der Waals surface area contributed by atoms with Crippen LogP contribution in [0.2, 0.25) is 0 Å². The van der Waals surface area contributed by atoms with Gasteiger partial charge in [0.15, 0.2) is 5.78 Å². The van der Waals surface area contributed by atoms with Crippen molar-refractivity contribution in [3.05, 3.63) is 95.7 Å². The van der Waals surface area contributed by atoms with Crippen LogP contribution in [-0.2, 0) is 6.42 Å². The first kappa shape index (κ1) is 19.6. The Kier molecular flexibility index (Phi) is 6.23. The number of amides is 1. The zero-order chi connectivity index (χ0) is 20.6. The summed E-state index contributed by atoms with van der Waals surface area (Å²) >= 11 is 0. The van der Waals surface area contributed by atoms with Gasteiger partial charge in [0.2, 0.25) is 0 Å². The number of Topliss-reactive ketones (excluding diaryl/α,β-unsaturated/α-hetero) is 1. The minimum Gasteiger partial charge on any atom is -0.404 e. The van der Waals surface area contributed by atoms with Crippen molar-refractivity contribution in [3.63, 3.8) is 0 Å². The molecule has 1 amide bonds. The van der Waals surface area contributed by atoms with Gasteiger partial charge in [-0.25, -0.2) is 4.98 Å². The molecule has 0 radical (unpaired) electrons. The van der Waals surface area contributed by atoms with Gasteiger partial charge in [0, 0.05) is 48.8 Å². The van der Waals surface area contributed by atoms with Crippen molar-refractivity contribution >= 4 is 11.7 Å². The summed E-state index contributed by atoms with van der Waals surface area (Å²) in [4.78, 5) is 28.5. The number of ketones is 1. The standard InChI is InChI=1S/C23H20N4O2/c1-25-23(29)21-15-27(16-26-21)20-10-5-8-18(13-20)14-22(28)19-9-4-7-17(12-19)6-2-3-11-24/h3-5,7-13,15-16H,14,24H2,1H3,(H,25,29)/b11-3+. The van der Waals surface area contributed by atoms with Crippen LogP contribution in [0.5, 0.6) is 0 Å². The molecule has 3 rings (SSSR count). The summed E-state index contributed by atoms with van der Waals surface area (Å²) < 4.78 is 1.75. The van der Waals surface area contributed by atoms with E-state index >= 15 is 0 Å². The predicted molar refractivity (Wildman–Crippen MR) is 112 cm³/mol. The number of rotatable bonds is 5.